The Morgan fingerprint density at radius 1 is 1.16 bits per heavy atom. The Morgan fingerprint density at radius 3 is 2.56 bits per heavy atom. The second-order valence-electron chi connectivity index (χ2n) is 5.32. The lowest BCUT2D eigenvalue weighted by Gasteiger charge is -2.11. The molecule has 134 valence electrons. The number of halogens is 1. The molecular weight excluding hydrogens is 429 g/mol. The van der Waals surface area contributed by atoms with E-state index in [1.54, 1.807) is 24.5 Å². The SMILES string of the molecule is CCNC(=NCc1ccc(C)cc1)NCC(=O)Nc1cccnc1.I. The lowest BCUT2D eigenvalue weighted by Crippen LogP contribution is -2.41. The summed E-state index contributed by atoms with van der Waals surface area (Å²) in [5.74, 6) is 0.461. The van der Waals surface area contributed by atoms with Crippen LogP contribution in [-0.2, 0) is 11.3 Å². The molecule has 3 N–H and O–H groups in total. The van der Waals surface area contributed by atoms with Gasteiger partial charge in [0.2, 0.25) is 5.91 Å². The van der Waals surface area contributed by atoms with Gasteiger partial charge in [-0.15, -0.1) is 24.0 Å². The third-order valence-corrected chi connectivity index (χ3v) is 3.25. The third kappa shape index (κ3) is 7.97. The van der Waals surface area contributed by atoms with Crippen LogP contribution in [0.5, 0.6) is 0 Å². The first-order valence-corrected chi connectivity index (χ1v) is 7.95. The summed E-state index contributed by atoms with van der Waals surface area (Å²) in [7, 11) is 0. The fourth-order valence-corrected chi connectivity index (χ4v) is 2.01. The monoisotopic (exact) mass is 453 g/mol. The van der Waals surface area contributed by atoms with E-state index in [0.29, 0.717) is 18.2 Å². The number of pyridine rings is 1. The Kier molecular flexibility index (Phi) is 9.53. The van der Waals surface area contributed by atoms with Gasteiger partial charge in [0.15, 0.2) is 5.96 Å². The van der Waals surface area contributed by atoms with Gasteiger partial charge in [0.05, 0.1) is 25.0 Å². The van der Waals surface area contributed by atoms with E-state index in [-0.39, 0.29) is 36.4 Å². The summed E-state index contributed by atoms with van der Waals surface area (Å²) < 4.78 is 0. The van der Waals surface area contributed by atoms with Crippen LogP contribution in [0.25, 0.3) is 0 Å². The van der Waals surface area contributed by atoms with E-state index in [2.05, 4.69) is 57.1 Å². The van der Waals surface area contributed by atoms with Gasteiger partial charge in [-0.3, -0.25) is 9.78 Å². The number of hydrogen-bond acceptors (Lipinski definition) is 3. The van der Waals surface area contributed by atoms with Crippen LogP contribution in [-0.4, -0.2) is 29.9 Å². The molecule has 0 spiro atoms. The Bertz CT molecular complexity index is 674. The van der Waals surface area contributed by atoms with Crippen molar-refractivity contribution in [3.8, 4) is 0 Å². The minimum absolute atomic E-state index is 0. The molecule has 0 aliphatic rings. The van der Waals surface area contributed by atoms with Crippen LogP contribution in [0.1, 0.15) is 18.1 Å². The maximum Gasteiger partial charge on any atom is 0.243 e. The van der Waals surface area contributed by atoms with Crippen molar-refractivity contribution in [3.63, 3.8) is 0 Å². The minimum atomic E-state index is -0.149. The third-order valence-electron chi connectivity index (χ3n) is 3.25. The molecule has 2 aromatic rings. The molecule has 1 heterocycles. The second-order valence-corrected chi connectivity index (χ2v) is 5.32. The van der Waals surface area contributed by atoms with Crippen molar-refractivity contribution in [2.75, 3.05) is 18.4 Å². The highest BCUT2D eigenvalue weighted by molar-refractivity contribution is 14.0. The zero-order valence-corrected chi connectivity index (χ0v) is 16.8. The van der Waals surface area contributed by atoms with Crippen LogP contribution in [0.15, 0.2) is 53.8 Å². The Balaban J connectivity index is 0.00000312. The lowest BCUT2D eigenvalue weighted by atomic mass is 10.1. The quantitative estimate of drug-likeness (QED) is 0.357. The molecule has 25 heavy (non-hydrogen) atoms. The van der Waals surface area contributed by atoms with Crippen molar-refractivity contribution >= 4 is 41.5 Å². The molecule has 0 saturated carbocycles. The van der Waals surface area contributed by atoms with Gasteiger partial charge in [-0.05, 0) is 31.5 Å². The van der Waals surface area contributed by atoms with Crippen LogP contribution < -0.4 is 16.0 Å². The summed E-state index contributed by atoms with van der Waals surface area (Å²) in [6.07, 6.45) is 3.27. The minimum Gasteiger partial charge on any atom is -0.357 e. The topological polar surface area (TPSA) is 78.4 Å². The van der Waals surface area contributed by atoms with Crippen molar-refractivity contribution in [1.82, 2.24) is 15.6 Å². The van der Waals surface area contributed by atoms with Gasteiger partial charge in [-0.25, -0.2) is 4.99 Å². The summed E-state index contributed by atoms with van der Waals surface area (Å²) in [6, 6.07) is 11.8. The number of aryl methyl sites for hydroxylation is 1. The summed E-state index contributed by atoms with van der Waals surface area (Å²) in [6.45, 7) is 5.46. The number of carbonyl (C=O) groups is 1. The van der Waals surface area contributed by atoms with Gasteiger partial charge in [0.25, 0.3) is 0 Å². The number of nitrogens with zero attached hydrogens (tertiary/aromatic N) is 2. The predicted octanol–water partition coefficient (Wildman–Crippen LogP) is 2.70. The Labute approximate surface area is 165 Å². The van der Waals surface area contributed by atoms with Gasteiger partial charge < -0.3 is 16.0 Å². The summed E-state index contributed by atoms with van der Waals surface area (Å²) in [5, 5.41) is 8.93. The number of carbonyl (C=O) groups excluding carboxylic acids is 1. The zero-order chi connectivity index (χ0) is 17.2. The van der Waals surface area contributed by atoms with Crippen molar-refractivity contribution < 1.29 is 4.79 Å². The van der Waals surface area contributed by atoms with Crippen LogP contribution in [0.2, 0.25) is 0 Å². The van der Waals surface area contributed by atoms with Crippen molar-refractivity contribution in [2.24, 2.45) is 4.99 Å². The molecule has 0 aliphatic carbocycles. The zero-order valence-electron chi connectivity index (χ0n) is 14.5. The van der Waals surface area contributed by atoms with Crippen LogP contribution >= 0.6 is 24.0 Å². The number of amides is 1. The smallest absolute Gasteiger partial charge is 0.243 e. The van der Waals surface area contributed by atoms with Crippen LogP contribution in [0, 0.1) is 6.92 Å². The van der Waals surface area contributed by atoms with Crippen LogP contribution in [0.4, 0.5) is 5.69 Å². The van der Waals surface area contributed by atoms with E-state index in [9.17, 15) is 4.79 Å². The van der Waals surface area contributed by atoms with Crippen molar-refractivity contribution in [1.29, 1.82) is 0 Å². The van der Waals surface area contributed by atoms with Crippen molar-refractivity contribution in [3.05, 3.63) is 59.9 Å². The maximum atomic E-state index is 11.9. The molecule has 6 nitrogen and oxygen atoms in total. The predicted molar refractivity (Wildman–Crippen MR) is 112 cm³/mol. The number of aromatic nitrogens is 1. The number of guanidine groups is 1. The van der Waals surface area contributed by atoms with Gasteiger partial charge in [-0.1, -0.05) is 29.8 Å². The van der Waals surface area contributed by atoms with Gasteiger partial charge >= 0.3 is 0 Å². The number of nitrogens with one attached hydrogen (secondary N) is 3. The van der Waals surface area contributed by atoms with Gasteiger partial charge in [0, 0.05) is 12.7 Å². The molecule has 0 aliphatic heterocycles. The summed E-state index contributed by atoms with van der Waals surface area (Å²) in [4.78, 5) is 20.4. The number of anilines is 1. The van der Waals surface area contributed by atoms with E-state index < -0.39 is 0 Å². The highest BCUT2D eigenvalue weighted by Gasteiger charge is 2.04. The molecule has 2 rings (SSSR count). The first-order chi connectivity index (χ1) is 11.7. The maximum absolute atomic E-state index is 11.9. The van der Waals surface area contributed by atoms with Gasteiger partial charge in [-0.2, -0.15) is 0 Å². The standard InChI is InChI=1S/C18H23N5O.HI/c1-3-20-18(21-11-15-8-6-14(2)7-9-15)22-13-17(24)23-16-5-4-10-19-12-16;/h4-10,12H,3,11,13H2,1-2H3,(H,23,24)(H2,20,21,22);1H. The van der Waals surface area contributed by atoms with E-state index >= 15 is 0 Å². The first kappa shape index (κ1) is 20.9. The normalized spacial score (nSPS) is 10.6. The second kappa shape index (κ2) is 11.4. The number of benzene rings is 1. The average molecular weight is 453 g/mol. The molecule has 1 aromatic carbocycles. The molecule has 7 heteroatoms. The summed E-state index contributed by atoms with van der Waals surface area (Å²) in [5.41, 5.74) is 3.02. The highest BCUT2D eigenvalue weighted by atomic mass is 127. The summed E-state index contributed by atoms with van der Waals surface area (Å²) >= 11 is 0. The molecule has 1 aromatic heterocycles. The number of aliphatic imine (C=N–C) groups is 1. The molecule has 0 bridgehead atoms. The fraction of sp³-hybridized carbons (Fsp3) is 0.278. The molecule has 0 fully saturated rings. The first-order valence-electron chi connectivity index (χ1n) is 7.95. The number of rotatable bonds is 6. The Hall–Kier alpha value is -2.16. The van der Waals surface area contributed by atoms with E-state index in [1.807, 2.05) is 6.92 Å². The molecule has 0 saturated heterocycles. The molecule has 0 unspecified atom stereocenters. The van der Waals surface area contributed by atoms with Crippen molar-refractivity contribution in [2.45, 2.75) is 20.4 Å². The number of hydrogen-bond donors (Lipinski definition) is 3. The lowest BCUT2D eigenvalue weighted by molar-refractivity contribution is -0.115. The van der Waals surface area contributed by atoms with Gasteiger partial charge in [0.1, 0.15) is 0 Å². The average Bonchev–Trinajstić information content (AvgIpc) is 2.59. The molecule has 0 radical (unpaired) electrons. The van der Waals surface area contributed by atoms with Crippen LogP contribution in [0.3, 0.4) is 0 Å². The Morgan fingerprint density at radius 2 is 1.92 bits per heavy atom. The molecule has 0 atom stereocenters. The fourth-order valence-electron chi connectivity index (χ4n) is 2.01. The van der Waals surface area contributed by atoms with E-state index in [4.69, 9.17) is 0 Å². The largest absolute Gasteiger partial charge is 0.357 e. The van der Waals surface area contributed by atoms with E-state index in [0.717, 1.165) is 12.1 Å². The van der Waals surface area contributed by atoms with E-state index in [1.165, 1.54) is 5.56 Å². The molecule has 1 amide bonds. The highest BCUT2D eigenvalue weighted by Crippen LogP contribution is 2.04. The molecular formula is C18H24IN5O.